The summed E-state index contributed by atoms with van der Waals surface area (Å²) in [5.41, 5.74) is 1.29. The first kappa shape index (κ1) is 34.6. The Labute approximate surface area is 240 Å². The van der Waals surface area contributed by atoms with E-state index in [4.69, 9.17) is 9.78 Å². The van der Waals surface area contributed by atoms with E-state index in [-0.39, 0.29) is 0 Å². The number of hydrogen-bond donors (Lipinski definition) is 0. The predicted molar refractivity (Wildman–Crippen MR) is 166 cm³/mol. The Morgan fingerprint density at radius 1 is 0.541 bits per heavy atom. The first-order valence-corrected chi connectivity index (χ1v) is 16.7. The maximum absolute atomic E-state index is 5.41. The second-order valence-electron chi connectivity index (χ2n) is 13.0. The molecule has 1 aromatic carbocycles. The van der Waals surface area contributed by atoms with E-state index in [0.29, 0.717) is 13.2 Å². The van der Waals surface area contributed by atoms with Crippen molar-refractivity contribution in [1.82, 2.24) is 0 Å². The Balaban J connectivity index is 2.10. The van der Waals surface area contributed by atoms with E-state index in [0.717, 1.165) is 59.6 Å². The zero-order valence-corrected chi connectivity index (χ0v) is 27.1. The fraction of sp³-hybridized carbons (Fsp3) is 0.824. The van der Waals surface area contributed by atoms with Gasteiger partial charge in [-0.1, -0.05) is 94.7 Å². The van der Waals surface area contributed by atoms with Crippen LogP contribution in [0.5, 0.6) is 0 Å². The lowest BCUT2D eigenvalue weighted by atomic mass is 9.80. The molecule has 0 N–H and O–H groups in total. The molecule has 37 heavy (non-hydrogen) atoms. The Morgan fingerprint density at radius 2 is 0.946 bits per heavy atom. The van der Waals surface area contributed by atoms with Crippen LogP contribution in [-0.4, -0.2) is 18.5 Å². The molecule has 7 atom stereocenters. The quantitative estimate of drug-likeness (QED) is 0.0554. The molecule has 0 saturated carbocycles. The molecule has 0 heterocycles. The fourth-order valence-corrected chi connectivity index (χ4v) is 7.00. The summed E-state index contributed by atoms with van der Waals surface area (Å²) in [5.74, 6) is 5.80. The van der Waals surface area contributed by atoms with Crippen molar-refractivity contribution in [2.45, 2.75) is 119 Å². The van der Waals surface area contributed by atoms with Crippen LogP contribution >= 0.6 is 15.9 Å². The van der Waals surface area contributed by atoms with Gasteiger partial charge in [-0.05, 0) is 118 Å². The van der Waals surface area contributed by atoms with Gasteiger partial charge in [0, 0.05) is 5.33 Å². The number of benzene rings is 1. The smallest absolute Gasteiger partial charge is 0.0862 e. The molecule has 0 saturated heterocycles. The molecule has 0 aliphatic rings. The largest absolute Gasteiger partial charge is 0.237 e. The number of halogens is 1. The molecular formula is C34H61BrO2. The van der Waals surface area contributed by atoms with Crippen molar-refractivity contribution in [2.75, 3.05) is 18.5 Å². The van der Waals surface area contributed by atoms with E-state index in [1.807, 2.05) is 6.07 Å². The van der Waals surface area contributed by atoms with Crippen LogP contribution in [0, 0.1) is 41.4 Å². The van der Waals surface area contributed by atoms with E-state index in [1.54, 1.807) is 0 Å². The van der Waals surface area contributed by atoms with Crippen LogP contribution in [0.4, 0.5) is 0 Å². The minimum atomic E-state index is 0.627. The van der Waals surface area contributed by atoms with Crippen LogP contribution in [0.2, 0.25) is 0 Å². The van der Waals surface area contributed by atoms with Crippen molar-refractivity contribution in [3.63, 3.8) is 0 Å². The number of alkyl halides is 1. The molecule has 7 unspecified atom stereocenters. The summed E-state index contributed by atoms with van der Waals surface area (Å²) in [5, 5.41) is 1.15. The predicted octanol–water partition coefficient (Wildman–Crippen LogP) is 10.9. The molecule has 2 nitrogen and oxygen atoms in total. The molecule has 1 aromatic rings. The molecule has 0 aromatic heterocycles. The van der Waals surface area contributed by atoms with Gasteiger partial charge < -0.3 is 0 Å². The Morgan fingerprint density at radius 3 is 1.41 bits per heavy atom. The summed E-state index contributed by atoms with van der Waals surface area (Å²) in [6.45, 7) is 18.6. The monoisotopic (exact) mass is 580 g/mol. The average Bonchev–Trinajstić information content (AvgIpc) is 2.82. The summed E-state index contributed by atoms with van der Waals surface area (Å²) < 4.78 is 0. The third kappa shape index (κ3) is 19.3. The Bertz CT molecular complexity index is 636. The normalized spacial score (nSPS) is 17.6. The lowest BCUT2D eigenvalue weighted by Gasteiger charge is -2.26. The summed E-state index contributed by atoms with van der Waals surface area (Å²) in [7, 11) is 0. The molecule has 3 heteroatoms. The van der Waals surface area contributed by atoms with Crippen molar-refractivity contribution >= 4 is 15.9 Å². The van der Waals surface area contributed by atoms with Gasteiger partial charge in [-0.25, -0.2) is 9.78 Å². The van der Waals surface area contributed by atoms with Crippen LogP contribution in [0.15, 0.2) is 30.3 Å². The minimum absolute atomic E-state index is 0.627. The van der Waals surface area contributed by atoms with Gasteiger partial charge in [0.1, 0.15) is 0 Å². The second-order valence-corrected chi connectivity index (χ2v) is 13.8. The zero-order valence-electron chi connectivity index (χ0n) is 25.5. The molecule has 0 fully saturated rings. The van der Waals surface area contributed by atoms with Gasteiger partial charge in [-0.15, -0.1) is 0 Å². The number of hydrogen-bond acceptors (Lipinski definition) is 2. The third-order valence-corrected chi connectivity index (χ3v) is 8.54. The molecule has 1 rings (SSSR count). The van der Waals surface area contributed by atoms with Gasteiger partial charge >= 0.3 is 0 Å². The van der Waals surface area contributed by atoms with E-state index in [2.05, 4.69) is 88.7 Å². The topological polar surface area (TPSA) is 18.5 Å². The van der Waals surface area contributed by atoms with Crippen molar-refractivity contribution in [2.24, 2.45) is 41.4 Å². The van der Waals surface area contributed by atoms with Crippen molar-refractivity contribution in [3.8, 4) is 0 Å². The van der Waals surface area contributed by atoms with E-state index in [9.17, 15) is 0 Å². The van der Waals surface area contributed by atoms with Crippen LogP contribution < -0.4 is 0 Å². The second kappa shape index (κ2) is 21.4. The highest BCUT2D eigenvalue weighted by molar-refractivity contribution is 9.09. The lowest BCUT2D eigenvalue weighted by Crippen LogP contribution is -2.14. The SMILES string of the molecule is CC(CCCBr)CC(C)CC(C)CC(C)CC(C)CC(C)CC(C)CCCOOCCc1ccccc1. The molecule has 0 aliphatic carbocycles. The molecule has 0 spiro atoms. The van der Waals surface area contributed by atoms with E-state index < -0.39 is 0 Å². The summed E-state index contributed by atoms with van der Waals surface area (Å²) in [4.78, 5) is 10.8. The first-order valence-electron chi connectivity index (χ1n) is 15.5. The molecule has 0 bridgehead atoms. The van der Waals surface area contributed by atoms with Gasteiger partial charge in [0.05, 0.1) is 13.2 Å². The van der Waals surface area contributed by atoms with Crippen LogP contribution in [0.25, 0.3) is 0 Å². The van der Waals surface area contributed by atoms with Gasteiger partial charge in [0.2, 0.25) is 0 Å². The maximum atomic E-state index is 5.41. The summed E-state index contributed by atoms with van der Waals surface area (Å²) >= 11 is 3.57. The fourth-order valence-electron chi connectivity index (χ4n) is 6.68. The van der Waals surface area contributed by atoms with Gasteiger partial charge in [0.25, 0.3) is 0 Å². The van der Waals surface area contributed by atoms with Crippen LogP contribution in [-0.2, 0) is 16.2 Å². The number of rotatable bonds is 23. The highest BCUT2D eigenvalue weighted by Gasteiger charge is 2.18. The summed E-state index contributed by atoms with van der Waals surface area (Å²) in [6, 6.07) is 10.4. The highest BCUT2D eigenvalue weighted by Crippen LogP contribution is 2.30. The first-order chi connectivity index (χ1) is 17.7. The van der Waals surface area contributed by atoms with Crippen LogP contribution in [0.1, 0.15) is 118 Å². The van der Waals surface area contributed by atoms with Gasteiger partial charge in [-0.3, -0.25) is 0 Å². The Hall–Kier alpha value is -0.380. The van der Waals surface area contributed by atoms with Crippen LogP contribution in [0.3, 0.4) is 0 Å². The highest BCUT2D eigenvalue weighted by atomic mass is 79.9. The van der Waals surface area contributed by atoms with Crippen molar-refractivity contribution in [1.29, 1.82) is 0 Å². The molecular weight excluding hydrogens is 520 g/mol. The Kier molecular flexibility index (Phi) is 20.1. The van der Waals surface area contributed by atoms with Gasteiger partial charge in [-0.2, -0.15) is 0 Å². The third-order valence-electron chi connectivity index (χ3n) is 7.98. The zero-order chi connectivity index (χ0) is 27.5. The van der Waals surface area contributed by atoms with E-state index in [1.165, 1.54) is 63.4 Å². The lowest BCUT2D eigenvalue weighted by molar-refractivity contribution is -0.294. The minimum Gasteiger partial charge on any atom is -0.237 e. The van der Waals surface area contributed by atoms with Crippen molar-refractivity contribution in [3.05, 3.63) is 35.9 Å². The summed E-state index contributed by atoms with van der Waals surface area (Å²) in [6.07, 6.45) is 14.1. The average molecular weight is 582 g/mol. The van der Waals surface area contributed by atoms with Crippen molar-refractivity contribution < 1.29 is 9.78 Å². The standard InChI is InChI=1S/C34H61BrO2/c1-27(13-11-18-35)21-29(3)23-31(5)25-33(7)26-32(6)24-30(4)22-28(2)14-12-19-36-37-20-17-34-15-9-8-10-16-34/h8-10,15-16,27-33H,11-14,17-26H2,1-7H3. The molecule has 0 amide bonds. The molecule has 0 radical (unpaired) electrons. The molecule has 216 valence electrons. The van der Waals surface area contributed by atoms with E-state index >= 15 is 0 Å². The van der Waals surface area contributed by atoms with Gasteiger partial charge in [0.15, 0.2) is 0 Å². The maximum Gasteiger partial charge on any atom is 0.0862 e. The molecule has 0 aliphatic heterocycles.